The Bertz CT molecular complexity index is 859. The van der Waals surface area contributed by atoms with Crippen LogP contribution in [0.5, 0.6) is 0 Å². The Labute approximate surface area is 177 Å². The van der Waals surface area contributed by atoms with Gasteiger partial charge in [0, 0.05) is 50.9 Å². The molecule has 0 saturated carbocycles. The average Bonchev–Trinajstić information content (AvgIpc) is 2.79. The summed E-state index contributed by atoms with van der Waals surface area (Å²) in [6.45, 7) is 7.72. The van der Waals surface area contributed by atoms with Crippen molar-refractivity contribution in [1.29, 1.82) is 0 Å². The smallest absolute Gasteiger partial charge is 0.292 e. The fourth-order valence-electron chi connectivity index (χ4n) is 3.86. The van der Waals surface area contributed by atoms with Crippen LogP contribution in [0.3, 0.4) is 0 Å². The Balaban J connectivity index is 1.51. The molecule has 8 heteroatoms. The van der Waals surface area contributed by atoms with Gasteiger partial charge in [0.25, 0.3) is 5.69 Å². The van der Waals surface area contributed by atoms with Crippen molar-refractivity contribution in [2.45, 2.75) is 33.2 Å². The predicted molar refractivity (Wildman–Crippen MR) is 118 cm³/mol. The number of piperidine rings is 1. The molecule has 1 saturated heterocycles. The number of benzene rings is 1. The standard InChI is InChI=1S/C22H29N5O3/c1-3-25(4-2)21-10-9-17(15-23-21)16-24-22(28)18-11-13-26(14-12-18)19-7-5-6-8-20(19)27(29)30/h5-10,15,18H,3-4,11-14,16H2,1-2H3,(H,24,28). The number of hydrogen-bond donors (Lipinski definition) is 1. The van der Waals surface area contributed by atoms with E-state index in [0.29, 0.717) is 38.2 Å². The molecule has 2 heterocycles. The first-order valence-electron chi connectivity index (χ1n) is 10.5. The van der Waals surface area contributed by atoms with Gasteiger partial charge >= 0.3 is 0 Å². The summed E-state index contributed by atoms with van der Waals surface area (Å²) in [6, 6.07) is 10.8. The van der Waals surface area contributed by atoms with Gasteiger partial charge in [0.2, 0.25) is 5.91 Å². The number of nitrogens with zero attached hydrogens (tertiary/aromatic N) is 4. The van der Waals surface area contributed by atoms with E-state index in [0.717, 1.165) is 24.5 Å². The number of rotatable bonds is 8. The molecule has 1 aliphatic heterocycles. The van der Waals surface area contributed by atoms with Crippen LogP contribution in [0.1, 0.15) is 32.3 Å². The number of carbonyl (C=O) groups is 1. The maximum absolute atomic E-state index is 12.6. The lowest BCUT2D eigenvalue weighted by atomic mass is 9.95. The molecule has 8 nitrogen and oxygen atoms in total. The normalized spacial score (nSPS) is 14.4. The summed E-state index contributed by atoms with van der Waals surface area (Å²) in [7, 11) is 0. The van der Waals surface area contributed by atoms with Crippen LogP contribution < -0.4 is 15.1 Å². The predicted octanol–water partition coefficient (Wildman–Crippen LogP) is 3.37. The molecule has 3 rings (SSSR count). The highest BCUT2D eigenvalue weighted by atomic mass is 16.6. The van der Waals surface area contributed by atoms with Gasteiger partial charge in [-0.15, -0.1) is 0 Å². The lowest BCUT2D eigenvalue weighted by Crippen LogP contribution is -2.40. The van der Waals surface area contributed by atoms with E-state index in [1.54, 1.807) is 18.2 Å². The topological polar surface area (TPSA) is 91.6 Å². The van der Waals surface area contributed by atoms with Crippen molar-refractivity contribution in [3.63, 3.8) is 0 Å². The summed E-state index contributed by atoms with van der Waals surface area (Å²) in [5.74, 6) is 0.898. The van der Waals surface area contributed by atoms with Gasteiger partial charge in [-0.1, -0.05) is 18.2 Å². The molecular weight excluding hydrogens is 382 g/mol. The third kappa shape index (κ3) is 5.06. The highest BCUT2D eigenvalue weighted by Gasteiger charge is 2.27. The van der Waals surface area contributed by atoms with Crippen molar-refractivity contribution in [2.75, 3.05) is 36.0 Å². The van der Waals surface area contributed by atoms with Crippen molar-refractivity contribution in [1.82, 2.24) is 10.3 Å². The number of pyridine rings is 1. The van der Waals surface area contributed by atoms with Crippen LogP contribution >= 0.6 is 0 Å². The molecule has 1 N–H and O–H groups in total. The minimum atomic E-state index is -0.353. The highest BCUT2D eigenvalue weighted by molar-refractivity contribution is 5.79. The molecule has 0 unspecified atom stereocenters. The summed E-state index contributed by atoms with van der Waals surface area (Å²) in [5, 5.41) is 14.3. The fourth-order valence-corrected chi connectivity index (χ4v) is 3.86. The second kappa shape index (κ2) is 10.0. The quantitative estimate of drug-likeness (QED) is 0.529. The average molecular weight is 412 g/mol. The fraction of sp³-hybridized carbons (Fsp3) is 0.455. The van der Waals surface area contributed by atoms with Gasteiger partial charge in [0.1, 0.15) is 11.5 Å². The first-order chi connectivity index (χ1) is 14.5. The van der Waals surface area contributed by atoms with E-state index in [1.165, 1.54) is 6.07 Å². The van der Waals surface area contributed by atoms with E-state index in [2.05, 4.69) is 29.0 Å². The summed E-state index contributed by atoms with van der Waals surface area (Å²) < 4.78 is 0. The zero-order valence-electron chi connectivity index (χ0n) is 17.6. The van der Waals surface area contributed by atoms with Gasteiger partial charge in [0.05, 0.1) is 4.92 Å². The number of nitrogens with one attached hydrogen (secondary N) is 1. The van der Waals surface area contributed by atoms with Gasteiger partial charge < -0.3 is 15.1 Å². The molecule has 1 aromatic heterocycles. The Hall–Kier alpha value is -3.16. The molecule has 0 bridgehead atoms. The van der Waals surface area contributed by atoms with Crippen LogP contribution in [0.15, 0.2) is 42.6 Å². The van der Waals surface area contributed by atoms with E-state index < -0.39 is 0 Å². The van der Waals surface area contributed by atoms with Gasteiger partial charge in [-0.3, -0.25) is 14.9 Å². The number of nitro groups is 1. The third-order valence-electron chi connectivity index (χ3n) is 5.65. The third-order valence-corrected chi connectivity index (χ3v) is 5.65. The summed E-state index contributed by atoms with van der Waals surface area (Å²) in [4.78, 5) is 32.2. The zero-order valence-corrected chi connectivity index (χ0v) is 17.6. The molecule has 0 aliphatic carbocycles. The molecule has 1 fully saturated rings. The molecule has 0 spiro atoms. The maximum atomic E-state index is 12.6. The lowest BCUT2D eigenvalue weighted by molar-refractivity contribution is -0.384. The number of nitro benzene ring substituents is 1. The van der Waals surface area contributed by atoms with E-state index in [9.17, 15) is 14.9 Å². The second-order valence-electron chi connectivity index (χ2n) is 7.42. The van der Waals surface area contributed by atoms with Crippen molar-refractivity contribution in [3.05, 3.63) is 58.3 Å². The summed E-state index contributed by atoms with van der Waals surface area (Å²) in [6.07, 6.45) is 3.17. The zero-order chi connectivity index (χ0) is 21.5. The molecule has 1 amide bonds. The Kier molecular flexibility index (Phi) is 7.21. The van der Waals surface area contributed by atoms with Gasteiger partial charge in [-0.2, -0.15) is 0 Å². The largest absolute Gasteiger partial charge is 0.366 e. The van der Waals surface area contributed by atoms with Crippen molar-refractivity contribution in [3.8, 4) is 0 Å². The second-order valence-corrected chi connectivity index (χ2v) is 7.42. The number of carbonyl (C=O) groups excluding carboxylic acids is 1. The molecular formula is C22H29N5O3. The van der Waals surface area contributed by atoms with Crippen LogP contribution in [0.2, 0.25) is 0 Å². The SMILES string of the molecule is CCN(CC)c1ccc(CNC(=O)C2CCN(c3ccccc3[N+](=O)[O-])CC2)cn1. The van der Waals surface area contributed by atoms with Gasteiger partial charge in [-0.25, -0.2) is 4.98 Å². The first kappa shape index (κ1) is 21.5. The Morgan fingerprint density at radius 3 is 2.50 bits per heavy atom. The molecule has 1 aliphatic rings. The molecule has 0 radical (unpaired) electrons. The van der Waals surface area contributed by atoms with Crippen LogP contribution in [0, 0.1) is 16.0 Å². The minimum absolute atomic E-state index is 0.0324. The number of aromatic nitrogens is 1. The van der Waals surface area contributed by atoms with Gasteiger partial charge in [-0.05, 0) is 44.4 Å². The highest BCUT2D eigenvalue weighted by Crippen LogP contribution is 2.31. The van der Waals surface area contributed by atoms with E-state index >= 15 is 0 Å². The number of para-hydroxylation sites is 2. The first-order valence-corrected chi connectivity index (χ1v) is 10.5. The van der Waals surface area contributed by atoms with E-state index in [1.807, 2.05) is 23.2 Å². The van der Waals surface area contributed by atoms with Crippen LogP contribution in [0.25, 0.3) is 0 Å². The van der Waals surface area contributed by atoms with Crippen LogP contribution in [0.4, 0.5) is 17.2 Å². The Morgan fingerprint density at radius 2 is 1.90 bits per heavy atom. The van der Waals surface area contributed by atoms with Crippen LogP contribution in [-0.4, -0.2) is 42.0 Å². The monoisotopic (exact) mass is 411 g/mol. The number of hydrogen-bond acceptors (Lipinski definition) is 6. The van der Waals surface area contributed by atoms with Crippen molar-refractivity contribution < 1.29 is 9.72 Å². The number of anilines is 2. The maximum Gasteiger partial charge on any atom is 0.292 e. The van der Waals surface area contributed by atoms with Crippen LogP contribution in [-0.2, 0) is 11.3 Å². The minimum Gasteiger partial charge on any atom is -0.366 e. The molecule has 30 heavy (non-hydrogen) atoms. The molecule has 2 aromatic rings. The molecule has 1 aromatic carbocycles. The van der Waals surface area contributed by atoms with Gasteiger partial charge in [0.15, 0.2) is 0 Å². The lowest BCUT2D eigenvalue weighted by Gasteiger charge is -2.32. The number of amides is 1. The van der Waals surface area contributed by atoms with E-state index in [-0.39, 0.29) is 22.4 Å². The summed E-state index contributed by atoms with van der Waals surface area (Å²) >= 11 is 0. The van der Waals surface area contributed by atoms with Crippen molar-refractivity contribution in [2.24, 2.45) is 5.92 Å². The van der Waals surface area contributed by atoms with Crippen molar-refractivity contribution >= 4 is 23.1 Å². The summed E-state index contributed by atoms with van der Waals surface area (Å²) in [5.41, 5.74) is 1.71. The van der Waals surface area contributed by atoms with E-state index in [4.69, 9.17) is 0 Å². The Morgan fingerprint density at radius 1 is 1.20 bits per heavy atom. The molecule has 160 valence electrons. The molecule has 0 atom stereocenters.